The third-order valence-electron chi connectivity index (χ3n) is 3.75. The summed E-state index contributed by atoms with van der Waals surface area (Å²) in [6, 6.07) is 0. The topological polar surface area (TPSA) is 227 Å². The largest absolute Gasteiger partial charge is 0.490 e. The molecule has 1 fully saturated rings. The predicted octanol–water partition coefficient (Wildman–Crippen LogP) is 0.672. The van der Waals surface area contributed by atoms with Crippen LogP contribution in [0.25, 0.3) is 0 Å². The van der Waals surface area contributed by atoms with Crippen LogP contribution in [0.2, 0.25) is 0 Å². The molecule has 3 unspecified atom stereocenters. The molecule has 1 saturated heterocycles. The van der Waals surface area contributed by atoms with Gasteiger partial charge >= 0.3 is 23.5 Å². The van der Waals surface area contributed by atoms with Gasteiger partial charge in [-0.2, -0.15) is 13.0 Å². The summed E-state index contributed by atoms with van der Waals surface area (Å²) in [5.74, 6) is -5.18. The molecule has 32 heavy (non-hydrogen) atoms. The predicted molar refractivity (Wildman–Crippen MR) is 95.1 cm³/mol. The molecule has 15 nitrogen and oxygen atoms in total. The molecule has 0 bridgehead atoms. The molecule has 6 N–H and O–H groups in total. The van der Waals surface area contributed by atoms with Gasteiger partial charge in [-0.15, -0.1) is 0 Å². The molecule has 1 aliphatic heterocycles. The number of aliphatic hydroxyl groups is 1. The summed E-state index contributed by atoms with van der Waals surface area (Å²) in [4.78, 5) is 48.3. The van der Waals surface area contributed by atoms with Crippen LogP contribution >= 0.6 is 35.7 Å². The lowest BCUT2D eigenvalue weighted by molar-refractivity contribution is -0.204. The van der Waals surface area contributed by atoms with Crippen molar-refractivity contribution in [1.82, 2.24) is 9.55 Å². The van der Waals surface area contributed by atoms with Crippen LogP contribution < -0.4 is 5.56 Å². The van der Waals surface area contributed by atoms with Gasteiger partial charge in [0.05, 0.1) is 6.20 Å². The Balaban J connectivity index is 2.26. The van der Waals surface area contributed by atoms with Crippen molar-refractivity contribution < 1.29 is 69.4 Å². The first-order valence-corrected chi connectivity index (χ1v) is 12.7. The van der Waals surface area contributed by atoms with Crippen LogP contribution in [0, 0.1) is 10.6 Å². The van der Waals surface area contributed by atoms with Crippen molar-refractivity contribution >= 4 is 35.7 Å². The zero-order valence-corrected chi connectivity index (χ0v) is 18.8. The third-order valence-corrected chi connectivity index (χ3v) is 7.85. The molecule has 0 spiro atoms. The number of phosphoric ester groups is 1. The summed E-state index contributed by atoms with van der Waals surface area (Å²) < 4.78 is 92.4. The van der Waals surface area contributed by atoms with E-state index >= 15 is 8.78 Å². The Morgan fingerprint density at radius 2 is 1.78 bits per heavy atom. The van der Waals surface area contributed by atoms with Crippen molar-refractivity contribution in [3.63, 3.8) is 0 Å². The van der Waals surface area contributed by atoms with E-state index in [4.69, 9.17) is 26.9 Å². The Labute approximate surface area is 179 Å². The fourth-order valence-corrected chi connectivity index (χ4v) is 5.75. The highest BCUT2D eigenvalue weighted by Gasteiger charge is 2.65. The van der Waals surface area contributed by atoms with Gasteiger partial charge in [0.15, 0.2) is 22.8 Å². The number of nitrogens with zero attached hydrogens (tertiary/aromatic N) is 1. The van der Waals surface area contributed by atoms with Crippen molar-refractivity contribution in [3.8, 4) is 0 Å². The van der Waals surface area contributed by atoms with Crippen molar-refractivity contribution in [3.05, 3.63) is 27.1 Å². The summed E-state index contributed by atoms with van der Waals surface area (Å²) >= 11 is 4.70. The highest BCUT2D eigenvalue weighted by Crippen LogP contribution is 2.66. The minimum atomic E-state index is -5.93. The molecular weight excluding hydrogens is 538 g/mol. The Kier molecular flexibility index (Phi) is 7.53. The van der Waals surface area contributed by atoms with E-state index in [-0.39, 0.29) is 0 Å². The number of nitrogens with one attached hydrogen (secondary N) is 1. The van der Waals surface area contributed by atoms with Crippen molar-refractivity contribution in [2.24, 2.45) is 0 Å². The molecule has 0 radical (unpaired) electrons. The molecule has 184 valence electrons. The van der Waals surface area contributed by atoms with Gasteiger partial charge in [0, 0.05) is 0 Å². The molecule has 1 aromatic heterocycles. The van der Waals surface area contributed by atoms with Gasteiger partial charge in [-0.1, -0.05) is 0 Å². The lowest BCUT2D eigenvalue weighted by atomic mass is 9.97. The first-order valence-electron chi connectivity index (χ1n) is 7.72. The van der Waals surface area contributed by atoms with Gasteiger partial charge in [0.25, 0.3) is 11.4 Å². The second kappa shape index (κ2) is 8.78. The fraction of sp³-hybridized carbons (Fsp3) is 0.600. The van der Waals surface area contributed by atoms with Gasteiger partial charge in [-0.3, -0.25) is 18.9 Å². The van der Waals surface area contributed by atoms with Gasteiger partial charge in [0.1, 0.15) is 6.61 Å². The average molecular weight is 552 g/mol. The molecule has 6 atom stereocenters. The van der Waals surface area contributed by atoms with E-state index in [0.29, 0.717) is 17.7 Å². The van der Waals surface area contributed by atoms with Crippen LogP contribution in [0.5, 0.6) is 0 Å². The smallest absolute Gasteiger partial charge is 0.384 e. The minimum absolute atomic E-state index is 0.338. The summed E-state index contributed by atoms with van der Waals surface area (Å²) in [5, 5.41) is 9.99. The maximum absolute atomic E-state index is 15.1. The summed E-state index contributed by atoms with van der Waals surface area (Å²) in [5.41, 5.74) is -4.43. The van der Waals surface area contributed by atoms with Crippen LogP contribution in [-0.4, -0.2) is 58.5 Å². The molecule has 1 aliphatic rings. The SMILES string of the molecule is C[C@@]1(F)C(O)[C@@](F)(COP(=O)(O)OP(=O)(O)OP(=O)(O)O)O[C@H]1n1cc(F)c(=O)[nH]c1=S. The van der Waals surface area contributed by atoms with E-state index in [2.05, 4.69) is 17.9 Å². The number of halogens is 3. The standard InChI is InChI=1S/C10H14F3N2O13P3S/c1-9(12)6(17)10(13,26-7(9)15-2-4(11)5(16)14-8(15)32)3-25-30(21,22)28-31(23,24)27-29(18,19)20/h2,6-7,17H,3H2,1H3,(H,21,22)(H,23,24)(H,14,16,32)(H2,18,19,20)/t6?,7-,9-,10-/m1/s1. The maximum Gasteiger partial charge on any atom is 0.490 e. The lowest BCUT2D eigenvalue weighted by Gasteiger charge is -2.26. The quantitative estimate of drug-likeness (QED) is 0.193. The van der Waals surface area contributed by atoms with E-state index in [1.807, 2.05) is 0 Å². The molecule has 0 amide bonds. The van der Waals surface area contributed by atoms with Crippen molar-refractivity contribution in [2.45, 2.75) is 30.8 Å². The number of H-pyrrole nitrogens is 1. The normalized spacial score (nSPS) is 32.4. The molecule has 0 aliphatic carbocycles. The number of hydrogen-bond acceptors (Lipinski definition) is 10. The molecular formula is C10H14F3N2O13P3S. The number of ether oxygens (including phenoxy) is 1. The number of hydrogen-bond donors (Lipinski definition) is 6. The van der Waals surface area contributed by atoms with Gasteiger partial charge in [-0.05, 0) is 19.1 Å². The van der Waals surface area contributed by atoms with E-state index in [0.717, 1.165) is 0 Å². The van der Waals surface area contributed by atoms with E-state index in [1.165, 1.54) is 0 Å². The monoisotopic (exact) mass is 552 g/mol. The van der Waals surface area contributed by atoms with Crippen molar-refractivity contribution in [1.29, 1.82) is 0 Å². The molecule has 2 rings (SSSR count). The second-order valence-electron chi connectivity index (χ2n) is 6.32. The Morgan fingerprint density at radius 1 is 1.22 bits per heavy atom. The number of alkyl halides is 2. The van der Waals surface area contributed by atoms with Crippen LogP contribution in [0.4, 0.5) is 13.2 Å². The van der Waals surface area contributed by atoms with Gasteiger partial charge in [0.2, 0.25) is 5.82 Å². The molecule has 22 heteroatoms. The van der Waals surface area contributed by atoms with Crippen LogP contribution in [0.15, 0.2) is 11.0 Å². The highest BCUT2D eigenvalue weighted by atomic mass is 32.1. The Hall–Kier alpha value is -0.780. The second-order valence-corrected chi connectivity index (χ2v) is 11.1. The highest BCUT2D eigenvalue weighted by molar-refractivity contribution is 7.71. The van der Waals surface area contributed by atoms with Crippen LogP contribution in [0.1, 0.15) is 13.2 Å². The number of aromatic amines is 1. The zero-order valence-electron chi connectivity index (χ0n) is 15.3. The van der Waals surface area contributed by atoms with E-state index in [1.54, 1.807) is 4.98 Å². The third kappa shape index (κ3) is 6.21. The van der Waals surface area contributed by atoms with Crippen LogP contribution in [-0.2, 0) is 31.6 Å². The summed E-state index contributed by atoms with van der Waals surface area (Å²) in [6.07, 6.45) is -4.74. The van der Waals surface area contributed by atoms with E-state index in [9.17, 15) is 32.9 Å². The lowest BCUT2D eigenvalue weighted by Crippen LogP contribution is -2.46. The van der Waals surface area contributed by atoms with Crippen molar-refractivity contribution in [2.75, 3.05) is 6.61 Å². The van der Waals surface area contributed by atoms with Gasteiger partial charge in [-0.25, -0.2) is 22.5 Å². The summed E-state index contributed by atoms with van der Waals surface area (Å²) in [6.45, 7) is -1.30. The number of rotatable bonds is 8. The van der Waals surface area contributed by atoms with E-state index < -0.39 is 70.1 Å². The minimum Gasteiger partial charge on any atom is -0.384 e. The molecule has 1 aromatic rings. The number of aromatic nitrogens is 2. The molecule has 0 aromatic carbocycles. The van der Waals surface area contributed by atoms with Crippen LogP contribution in [0.3, 0.4) is 0 Å². The molecule has 2 heterocycles. The first kappa shape index (κ1) is 27.5. The van der Waals surface area contributed by atoms with Gasteiger partial charge < -0.3 is 29.4 Å². The zero-order chi connectivity index (χ0) is 24.9. The average Bonchev–Trinajstić information content (AvgIpc) is 2.74. The Bertz CT molecular complexity index is 1150. The summed E-state index contributed by atoms with van der Waals surface area (Å²) in [7, 11) is -17.5. The first-order chi connectivity index (χ1) is 14.2. The Morgan fingerprint density at radius 3 is 2.31 bits per heavy atom. The number of aliphatic hydroxyl groups excluding tert-OH is 1. The number of phosphoric acid groups is 3. The fourth-order valence-electron chi connectivity index (χ4n) is 2.47. The maximum atomic E-state index is 15.1. The molecule has 0 saturated carbocycles.